The van der Waals surface area contributed by atoms with Crippen LogP contribution in [0.25, 0.3) is 0 Å². The maximum atomic E-state index is 12.9. The molecular weight excluding hydrogens is 382 g/mol. The summed E-state index contributed by atoms with van der Waals surface area (Å²) >= 11 is 3.41. The number of rotatable bonds is 4. The van der Waals surface area contributed by atoms with E-state index in [-0.39, 0.29) is 11.7 Å². The molecule has 2 aromatic carbocycles. The van der Waals surface area contributed by atoms with E-state index in [1.807, 2.05) is 36.4 Å². The number of piperidine rings is 1. The number of Topliss-reactive ketones (excluding diaryl/α,β-unsaturated/α-hetero) is 1. The molecule has 3 atom stereocenters. The molecule has 2 bridgehead atoms. The predicted molar refractivity (Wildman–Crippen MR) is 101 cm³/mol. The Hall–Kier alpha value is -1.69. The average molecular weight is 403 g/mol. The second kappa shape index (κ2) is 6.24. The Bertz CT molecular complexity index is 820. The number of benzene rings is 2. The van der Waals surface area contributed by atoms with Crippen LogP contribution >= 0.6 is 15.9 Å². The van der Waals surface area contributed by atoms with Gasteiger partial charge in [-0.15, -0.1) is 0 Å². The van der Waals surface area contributed by atoms with Crippen molar-refractivity contribution in [1.82, 2.24) is 4.48 Å². The highest BCUT2D eigenvalue weighted by molar-refractivity contribution is 9.10. The molecule has 5 heteroatoms. The first-order valence-corrected chi connectivity index (χ1v) is 9.33. The quantitative estimate of drug-likeness (QED) is 0.628. The lowest BCUT2D eigenvalue weighted by Gasteiger charge is -2.51. The minimum atomic E-state index is -0.411. The molecule has 2 aromatic rings. The second-order valence-electron chi connectivity index (χ2n) is 7.03. The third-order valence-corrected chi connectivity index (χ3v) is 6.16. The molecule has 0 radical (unpaired) electrons. The van der Waals surface area contributed by atoms with E-state index in [0.717, 1.165) is 34.4 Å². The number of aliphatic hydroxyl groups excluding tert-OH is 1. The minimum absolute atomic E-state index is 0.113. The molecule has 1 fully saturated rings. The summed E-state index contributed by atoms with van der Waals surface area (Å²) in [5.74, 6) is 1.06. The van der Waals surface area contributed by atoms with E-state index in [1.165, 1.54) is 0 Å². The number of quaternary nitrogens is 1. The van der Waals surface area contributed by atoms with Gasteiger partial charge in [0.1, 0.15) is 30.6 Å². The molecule has 3 aliphatic rings. The molecule has 130 valence electrons. The van der Waals surface area contributed by atoms with Crippen molar-refractivity contribution in [3.05, 3.63) is 58.1 Å². The number of fused-ring (bicyclic) bond motifs is 2. The molecular formula is C20H21BrNO3+. The second-order valence-corrected chi connectivity index (χ2v) is 7.94. The van der Waals surface area contributed by atoms with Gasteiger partial charge in [-0.25, -0.2) is 0 Å². The van der Waals surface area contributed by atoms with Crippen molar-refractivity contribution in [2.45, 2.75) is 18.4 Å². The number of methoxy groups -OCH3 is 1. The van der Waals surface area contributed by atoms with Crippen molar-refractivity contribution in [1.29, 1.82) is 0 Å². The Morgan fingerprint density at radius 1 is 1.28 bits per heavy atom. The van der Waals surface area contributed by atoms with Crippen molar-refractivity contribution in [2.24, 2.45) is 0 Å². The number of ketones is 1. The normalized spacial score (nSPS) is 27.0. The van der Waals surface area contributed by atoms with Gasteiger partial charge >= 0.3 is 0 Å². The maximum Gasteiger partial charge on any atom is 0.217 e. The van der Waals surface area contributed by atoms with Gasteiger partial charge in [-0.1, -0.05) is 28.1 Å². The van der Waals surface area contributed by atoms with E-state index >= 15 is 0 Å². The van der Waals surface area contributed by atoms with Gasteiger partial charge in [0, 0.05) is 34.0 Å². The van der Waals surface area contributed by atoms with E-state index in [2.05, 4.69) is 22.0 Å². The summed E-state index contributed by atoms with van der Waals surface area (Å²) in [6.45, 7) is 1.88. The summed E-state index contributed by atoms with van der Waals surface area (Å²) in [5.41, 5.74) is 3.01. The lowest BCUT2D eigenvalue weighted by atomic mass is 9.78. The van der Waals surface area contributed by atoms with Crippen molar-refractivity contribution in [3.8, 4) is 5.75 Å². The molecule has 0 amide bonds. The molecule has 0 aromatic heterocycles. The standard InChI is InChI=1S/C20H21BrNO3/c1-25-15-6-7-18-17(10-15)16-8-9-22(18,12-20(16)24)11-19(23)13-2-4-14(21)5-3-13/h2-7,10,16,20,24H,8-9,11-12H2,1H3/q+1/t16-,20+,22?/m1/s1. The number of halogens is 1. The van der Waals surface area contributed by atoms with Crippen molar-refractivity contribution in [3.63, 3.8) is 0 Å². The monoisotopic (exact) mass is 402 g/mol. The van der Waals surface area contributed by atoms with Crippen LogP contribution in [0.5, 0.6) is 5.75 Å². The first-order valence-electron chi connectivity index (χ1n) is 8.54. The van der Waals surface area contributed by atoms with Crippen LogP contribution in [0.15, 0.2) is 46.9 Å². The summed E-state index contributed by atoms with van der Waals surface area (Å²) in [7, 11) is 1.65. The highest BCUT2D eigenvalue weighted by Crippen LogP contribution is 2.48. The zero-order valence-corrected chi connectivity index (χ0v) is 15.7. The van der Waals surface area contributed by atoms with Crippen LogP contribution in [0.2, 0.25) is 0 Å². The number of nitrogens with zero attached hydrogens (tertiary/aromatic N) is 1. The molecule has 1 unspecified atom stereocenters. The van der Waals surface area contributed by atoms with E-state index in [9.17, 15) is 9.90 Å². The summed E-state index contributed by atoms with van der Waals surface area (Å²) in [6.07, 6.45) is 0.487. The van der Waals surface area contributed by atoms with Crippen LogP contribution < -0.4 is 9.22 Å². The Balaban J connectivity index is 1.71. The molecule has 5 rings (SSSR count). The highest BCUT2D eigenvalue weighted by atomic mass is 79.9. The van der Waals surface area contributed by atoms with Crippen LogP contribution in [0.3, 0.4) is 0 Å². The van der Waals surface area contributed by atoms with Gasteiger partial charge in [0.25, 0.3) is 0 Å². The fourth-order valence-corrected chi connectivity index (χ4v) is 4.62. The molecule has 0 aliphatic carbocycles. The van der Waals surface area contributed by atoms with E-state index < -0.39 is 6.10 Å². The molecule has 0 spiro atoms. The van der Waals surface area contributed by atoms with Gasteiger partial charge in [0.15, 0.2) is 0 Å². The number of carbonyl (C=O) groups is 1. The van der Waals surface area contributed by atoms with Crippen molar-refractivity contribution in [2.75, 3.05) is 26.7 Å². The molecule has 1 N–H and O–H groups in total. The molecule has 4 nitrogen and oxygen atoms in total. The summed E-state index contributed by atoms with van der Waals surface area (Å²) < 4.78 is 6.85. The molecule has 3 aliphatic heterocycles. The van der Waals surface area contributed by atoms with Crippen LogP contribution in [-0.4, -0.2) is 43.7 Å². The first kappa shape index (κ1) is 16.8. The van der Waals surface area contributed by atoms with Gasteiger partial charge in [-0.05, 0) is 24.3 Å². The Kier molecular flexibility index (Phi) is 4.18. The third kappa shape index (κ3) is 2.80. The maximum absolute atomic E-state index is 12.9. The number of hydrogen-bond donors (Lipinski definition) is 1. The van der Waals surface area contributed by atoms with Crippen molar-refractivity contribution >= 4 is 27.4 Å². The summed E-state index contributed by atoms with van der Waals surface area (Å²) in [4.78, 5) is 12.9. The number of aliphatic hydroxyl groups is 1. The predicted octanol–water partition coefficient (Wildman–Crippen LogP) is 3.51. The van der Waals surface area contributed by atoms with Gasteiger partial charge in [0.05, 0.1) is 13.7 Å². The smallest absolute Gasteiger partial charge is 0.217 e. The van der Waals surface area contributed by atoms with Gasteiger partial charge in [-0.2, -0.15) is 0 Å². The Morgan fingerprint density at radius 2 is 2.04 bits per heavy atom. The van der Waals surface area contributed by atoms with Crippen LogP contribution in [0.4, 0.5) is 5.69 Å². The molecule has 3 heterocycles. The SMILES string of the molecule is COc1ccc2c(c1)[C@H]1CC[N+]2(CC(=O)c2ccc(Br)cc2)C[C@@H]1O. The highest BCUT2D eigenvalue weighted by Gasteiger charge is 2.50. The fraction of sp³-hybridized carbons (Fsp3) is 0.350. The average Bonchev–Trinajstić information content (AvgIpc) is 2.62. The summed E-state index contributed by atoms with van der Waals surface area (Å²) in [5, 5.41) is 10.6. The van der Waals surface area contributed by atoms with E-state index in [0.29, 0.717) is 23.1 Å². The minimum Gasteiger partial charge on any atom is -0.497 e. The van der Waals surface area contributed by atoms with Crippen LogP contribution in [0.1, 0.15) is 28.3 Å². The topological polar surface area (TPSA) is 46.5 Å². The van der Waals surface area contributed by atoms with Gasteiger partial charge in [0.2, 0.25) is 5.78 Å². The lowest BCUT2D eigenvalue weighted by molar-refractivity contribution is 0.0371. The van der Waals surface area contributed by atoms with E-state index in [1.54, 1.807) is 7.11 Å². The summed E-state index contributed by atoms with van der Waals surface area (Å²) in [6, 6.07) is 13.5. The zero-order chi connectivity index (χ0) is 17.6. The fourth-order valence-electron chi connectivity index (χ4n) is 4.36. The number of ether oxygens (including phenoxy) is 1. The van der Waals surface area contributed by atoms with E-state index in [4.69, 9.17) is 4.74 Å². The number of hydrogen-bond acceptors (Lipinski definition) is 3. The third-order valence-electron chi connectivity index (χ3n) is 5.63. The van der Waals surface area contributed by atoms with Gasteiger partial charge < -0.3 is 9.84 Å². The molecule has 25 heavy (non-hydrogen) atoms. The van der Waals surface area contributed by atoms with Gasteiger partial charge in [-0.3, -0.25) is 9.28 Å². The Labute approximate surface area is 155 Å². The van der Waals surface area contributed by atoms with Crippen molar-refractivity contribution < 1.29 is 14.6 Å². The lowest BCUT2D eigenvalue weighted by Crippen LogP contribution is -2.64. The molecule has 1 saturated heterocycles. The largest absolute Gasteiger partial charge is 0.497 e. The van der Waals surface area contributed by atoms with Crippen LogP contribution in [0, 0.1) is 0 Å². The molecule has 0 saturated carbocycles. The number of carbonyl (C=O) groups excluding carboxylic acids is 1. The zero-order valence-electron chi connectivity index (χ0n) is 14.1. The Morgan fingerprint density at radius 3 is 2.72 bits per heavy atom. The van der Waals surface area contributed by atoms with Crippen LogP contribution in [-0.2, 0) is 0 Å². The first-order chi connectivity index (χ1) is 12.0.